The lowest BCUT2D eigenvalue weighted by Crippen LogP contribution is -2.38. The Bertz CT molecular complexity index is 921. The second-order valence-corrected chi connectivity index (χ2v) is 7.03. The first-order chi connectivity index (χ1) is 14.5. The smallest absolute Gasteiger partial charge is 0.295 e. The first kappa shape index (κ1) is 21.5. The molecule has 3 rings (SSSR count). The molecular formula is C23H27N3O4. The third-order valence-corrected chi connectivity index (χ3v) is 5.48. The van der Waals surface area contributed by atoms with Gasteiger partial charge in [0.15, 0.2) is 0 Å². The topological polar surface area (TPSA) is 83.0 Å². The van der Waals surface area contributed by atoms with Crippen molar-refractivity contribution < 1.29 is 19.4 Å². The summed E-state index contributed by atoms with van der Waals surface area (Å²) in [6.45, 7) is 6.85. The van der Waals surface area contributed by atoms with Crippen LogP contribution in [0.1, 0.15) is 31.0 Å². The molecule has 0 bridgehead atoms. The maximum absolute atomic E-state index is 13.0. The van der Waals surface area contributed by atoms with E-state index in [0.29, 0.717) is 24.4 Å². The number of hydrogen-bond donors (Lipinski definition) is 1. The molecule has 30 heavy (non-hydrogen) atoms. The van der Waals surface area contributed by atoms with Crippen molar-refractivity contribution in [1.29, 1.82) is 0 Å². The summed E-state index contributed by atoms with van der Waals surface area (Å²) in [5.41, 5.74) is 1.28. The highest BCUT2D eigenvalue weighted by Crippen LogP contribution is 2.39. The number of carbonyl (C=O) groups is 2. The summed E-state index contributed by atoms with van der Waals surface area (Å²) < 4.78 is 5.16. The second kappa shape index (κ2) is 9.54. The molecule has 158 valence electrons. The number of likely N-dealkylation sites (N-methyl/N-ethyl adjacent to an activating group) is 1. The molecule has 1 aliphatic rings. The fraction of sp³-hybridized carbons (Fsp3) is 0.348. The number of nitrogens with zero attached hydrogens (tertiary/aromatic N) is 3. The van der Waals surface area contributed by atoms with Crippen molar-refractivity contribution in [2.24, 2.45) is 0 Å². The molecule has 1 N–H and O–H groups in total. The maximum atomic E-state index is 13.0. The number of aliphatic hydroxyl groups excluding tert-OH is 1. The van der Waals surface area contributed by atoms with E-state index in [9.17, 15) is 14.7 Å². The summed E-state index contributed by atoms with van der Waals surface area (Å²) in [4.78, 5) is 33.6. The minimum atomic E-state index is -0.676. The molecule has 0 spiro atoms. The molecule has 1 unspecified atom stereocenters. The van der Waals surface area contributed by atoms with E-state index in [1.807, 2.05) is 0 Å². The Hall–Kier alpha value is -3.19. The molecule has 7 heteroatoms. The molecule has 2 heterocycles. The zero-order valence-electron chi connectivity index (χ0n) is 17.5. The van der Waals surface area contributed by atoms with Gasteiger partial charge in [-0.2, -0.15) is 0 Å². The van der Waals surface area contributed by atoms with E-state index < -0.39 is 17.7 Å². The summed E-state index contributed by atoms with van der Waals surface area (Å²) in [6, 6.07) is 9.61. The number of rotatable bonds is 8. The first-order valence-electron chi connectivity index (χ1n) is 10.1. The Morgan fingerprint density at radius 2 is 1.73 bits per heavy atom. The number of likely N-dealkylation sites (tertiary alicyclic amines) is 1. The summed E-state index contributed by atoms with van der Waals surface area (Å²) in [6.07, 6.45) is 3.24. The van der Waals surface area contributed by atoms with Crippen molar-refractivity contribution in [3.05, 3.63) is 65.5 Å². The number of carbonyl (C=O) groups excluding carboxylic acids is 2. The lowest BCUT2D eigenvalue weighted by atomic mass is 9.96. The number of aliphatic hydroxyl groups is 1. The zero-order valence-corrected chi connectivity index (χ0v) is 17.5. The van der Waals surface area contributed by atoms with E-state index in [-0.39, 0.29) is 11.3 Å². The number of pyridine rings is 1. The van der Waals surface area contributed by atoms with Crippen LogP contribution in [0.4, 0.5) is 0 Å². The quantitative estimate of drug-likeness (QED) is 0.410. The van der Waals surface area contributed by atoms with Gasteiger partial charge in [-0.05, 0) is 55.1 Å². The van der Waals surface area contributed by atoms with E-state index in [1.54, 1.807) is 60.8 Å². The molecule has 1 fully saturated rings. The summed E-state index contributed by atoms with van der Waals surface area (Å²) in [7, 11) is 1.56. The van der Waals surface area contributed by atoms with Gasteiger partial charge in [0.05, 0.1) is 18.7 Å². The molecule has 0 radical (unpaired) electrons. The molecule has 1 atom stereocenters. The van der Waals surface area contributed by atoms with Crippen LogP contribution in [-0.4, -0.2) is 64.9 Å². The van der Waals surface area contributed by atoms with Crippen LogP contribution in [0, 0.1) is 0 Å². The van der Waals surface area contributed by atoms with Crippen molar-refractivity contribution in [2.45, 2.75) is 19.9 Å². The Balaban J connectivity index is 2.05. The lowest BCUT2D eigenvalue weighted by molar-refractivity contribution is -0.140. The molecule has 0 aliphatic carbocycles. The minimum Gasteiger partial charge on any atom is -0.507 e. The van der Waals surface area contributed by atoms with Crippen LogP contribution in [0.5, 0.6) is 5.75 Å². The molecule has 7 nitrogen and oxygen atoms in total. The van der Waals surface area contributed by atoms with Crippen LogP contribution < -0.4 is 4.74 Å². The van der Waals surface area contributed by atoms with Crippen molar-refractivity contribution >= 4 is 17.4 Å². The third-order valence-electron chi connectivity index (χ3n) is 5.48. The molecule has 0 saturated carbocycles. The predicted molar refractivity (Wildman–Crippen MR) is 114 cm³/mol. The highest BCUT2D eigenvalue weighted by atomic mass is 16.5. The minimum absolute atomic E-state index is 0.0934. The molecule has 1 amide bonds. The number of benzene rings is 1. The van der Waals surface area contributed by atoms with Gasteiger partial charge >= 0.3 is 0 Å². The summed E-state index contributed by atoms with van der Waals surface area (Å²) >= 11 is 0. The standard InChI is InChI=1S/C23H27N3O4/c1-4-25(5-2)14-15-26-20(16-10-12-24-13-11-16)19(22(28)23(26)29)21(27)17-6-8-18(30-3)9-7-17/h6-13,20,27H,4-5,14-15H2,1-3H3/b21-19-. The van der Waals surface area contributed by atoms with Gasteiger partial charge in [0, 0.05) is 31.0 Å². The zero-order chi connectivity index (χ0) is 21.7. The molecule has 1 aliphatic heterocycles. The van der Waals surface area contributed by atoms with Gasteiger partial charge in [0.1, 0.15) is 11.5 Å². The summed E-state index contributed by atoms with van der Waals surface area (Å²) in [5.74, 6) is -0.830. The fourth-order valence-electron chi connectivity index (χ4n) is 3.70. The number of amides is 1. The highest BCUT2D eigenvalue weighted by Gasteiger charge is 2.45. The number of aromatic nitrogens is 1. The molecule has 2 aromatic rings. The SMILES string of the molecule is CCN(CC)CCN1C(=O)C(=O)/C(=C(\O)c2ccc(OC)cc2)C1c1ccncc1. The van der Waals surface area contributed by atoms with Crippen LogP contribution in [0.25, 0.3) is 5.76 Å². The van der Waals surface area contributed by atoms with Gasteiger partial charge in [-0.25, -0.2) is 0 Å². The van der Waals surface area contributed by atoms with Crippen molar-refractivity contribution in [3.63, 3.8) is 0 Å². The van der Waals surface area contributed by atoms with Gasteiger partial charge in [0.2, 0.25) is 0 Å². The number of Topliss-reactive ketones (excluding diaryl/α,β-unsaturated/α-hetero) is 1. The Kier molecular flexibility index (Phi) is 6.84. The van der Waals surface area contributed by atoms with Gasteiger partial charge in [0.25, 0.3) is 11.7 Å². The van der Waals surface area contributed by atoms with Crippen LogP contribution in [0.2, 0.25) is 0 Å². The van der Waals surface area contributed by atoms with E-state index in [4.69, 9.17) is 4.74 Å². The molecular weight excluding hydrogens is 382 g/mol. The first-order valence-corrected chi connectivity index (χ1v) is 10.1. The second-order valence-electron chi connectivity index (χ2n) is 7.03. The summed E-state index contributed by atoms with van der Waals surface area (Å²) in [5, 5.41) is 11.0. The lowest BCUT2D eigenvalue weighted by Gasteiger charge is -2.28. The van der Waals surface area contributed by atoms with Crippen molar-refractivity contribution in [1.82, 2.24) is 14.8 Å². The highest BCUT2D eigenvalue weighted by molar-refractivity contribution is 6.46. The normalized spacial score (nSPS) is 18.3. The molecule has 1 aromatic carbocycles. The van der Waals surface area contributed by atoms with Crippen LogP contribution >= 0.6 is 0 Å². The van der Waals surface area contributed by atoms with Gasteiger partial charge in [-0.15, -0.1) is 0 Å². The van der Waals surface area contributed by atoms with Crippen LogP contribution in [0.15, 0.2) is 54.4 Å². The van der Waals surface area contributed by atoms with Gasteiger partial charge < -0.3 is 19.6 Å². The van der Waals surface area contributed by atoms with Gasteiger partial charge in [-0.3, -0.25) is 14.6 Å². The fourth-order valence-corrected chi connectivity index (χ4v) is 3.70. The Labute approximate surface area is 176 Å². The van der Waals surface area contributed by atoms with E-state index in [2.05, 4.69) is 23.7 Å². The van der Waals surface area contributed by atoms with Crippen molar-refractivity contribution in [2.75, 3.05) is 33.3 Å². The number of ketones is 1. The van der Waals surface area contributed by atoms with Crippen LogP contribution in [0.3, 0.4) is 0 Å². The largest absolute Gasteiger partial charge is 0.507 e. The van der Waals surface area contributed by atoms with Gasteiger partial charge in [-0.1, -0.05) is 13.8 Å². The van der Waals surface area contributed by atoms with E-state index in [1.165, 1.54) is 0 Å². The number of methoxy groups -OCH3 is 1. The average molecular weight is 409 g/mol. The molecule has 1 saturated heterocycles. The Morgan fingerprint density at radius 1 is 1.10 bits per heavy atom. The van der Waals surface area contributed by atoms with Crippen LogP contribution in [-0.2, 0) is 9.59 Å². The predicted octanol–water partition coefficient (Wildman–Crippen LogP) is 2.85. The third kappa shape index (κ3) is 4.21. The van der Waals surface area contributed by atoms with E-state index >= 15 is 0 Å². The monoisotopic (exact) mass is 409 g/mol. The number of hydrogen-bond acceptors (Lipinski definition) is 6. The van der Waals surface area contributed by atoms with E-state index in [0.717, 1.165) is 18.7 Å². The Morgan fingerprint density at radius 3 is 2.30 bits per heavy atom. The maximum Gasteiger partial charge on any atom is 0.295 e. The number of ether oxygens (including phenoxy) is 1. The average Bonchev–Trinajstić information content (AvgIpc) is 3.05. The van der Waals surface area contributed by atoms with Crippen molar-refractivity contribution in [3.8, 4) is 5.75 Å². The molecule has 1 aromatic heterocycles.